The van der Waals surface area contributed by atoms with Gasteiger partial charge in [0.15, 0.2) is 11.5 Å². The van der Waals surface area contributed by atoms with Crippen LogP contribution in [0.3, 0.4) is 0 Å². The number of ketones is 1. The fourth-order valence-electron chi connectivity index (χ4n) is 3.81. The number of nitrogens with one attached hydrogen (secondary N) is 1. The van der Waals surface area contributed by atoms with Crippen molar-refractivity contribution in [1.29, 1.82) is 0 Å². The summed E-state index contributed by atoms with van der Waals surface area (Å²) < 4.78 is 5.14. The highest BCUT2D eigenvalue weighted by Crippen LogP contribution is 2.36. The number of carbonyl (C=O) groups is 1. The zero-order chi connectivity index (χ0) is 20.2. The first-order valence-corrected chi connectivity index (χ1v) is 9.67. The SMILES string of the molecule is COc1cc(NCCC(=O)C2c3ccccc3C=Cc3ccccc32)ccc1O. The van der Waals surface area contributed by atoms with Crippen LogP contribution in [0.1, 0.15) is 34.6 Å². The number of phenols is 1. The summed E-state index contributed by atoms with van der Waals surface area (Å²) in [6, 6.07) is 21.2. The molecule has 4 heteroatoms. The number of benzene rings is 3. The van der Waals surface area contributed by atoms with E-state index in [0.717, 1.165) is 27.9 Å². The van der Waals surface area contributed by atoms with Crippen LogP contribution in [0.4, 0.5) is 5.69 Å². The number of hydrogen-bond donors (Lipinski definition) is 2. The average molecular weight is 385 g/mol. The second kappa shape index (κ2) is 8.23. The molecule has 0 radical (unpaired) electrons. The molecule has 0 spiro atoms. The van der Waals surface area contributed by atoms with Gasteiger partial charge in [-0.05, 0) is 34.4 Å². The van der Waals surface area contributed by atoms with Gasteiger partial charge in [0.2, 0.25) is 0 Å². The maximum atomic E-state index is 13.3. The fraction of sp³-hybridized carbons (Fsp3) is 0.160. The van der Waals surface area contributed by atoms with Crippen LogP contribution in [-0.4, -0.2) is 24.5 Å². The number of methoxy groups -OCH3 is 1. The van der Waals surface area contributed by atoms with Crippen molar-refractivity contribution in [2.75, 3.05) is 19.0 Å². The van der Waals surface area contributed by atoms with Crippen LogP contribution < -0.4 is 10.1 Å². The minimum absolute atomic E-state index is 0.0910. The van der Waals surface area contributed by atoms with Gasteiger partial charge in [0.1, 0.15) is 5.78 Å². The van der Waals surface area contributed by atoms with E-state index in [2.05, 4.69) is 29.6 Å². The van der Waals surface area contributed by atoms with E-state index in [1.54, 1.807) is 18.2 Å². The Balaban J connectivity index is 1.55. The van der Waals surface area contributed by atoms with E-state index in [9.17, 15) is 9.90 Å². The van der Waals surface area contributed by atoms with Crippen LogP contribution in [0.25, 0.3) is 12.2 Å². The Morgan fingerprint density at radius 2 is 1.59 bits per heavy atom. The zero-order valence-corrected chi connectivity index (χ0v) is 16.3. The molecule has 0 atom stereocenters. The maximum Gasteiger partial charge on any atom is 0.162 e. The molecular weight excluding hydrogens is 362 g/mol. The summed E-state index contributed by atoms with van der Waals surface area (Å²) in [5.74, 6) is 0.382. The van der Waals surface area contributed by atoms with Crippen molar-refractivity contribution in [3.63, 3.8) is 0 Å². The molecule has 4 rings (SSSR count). The van der Waals surface area contributed by atoms with Crippen molar-refractivity contribution in [2.45, 2.75) is 12.3 Å². The van der Waals surface area contributed by atoms with Crippen molar-refractivity contribution < 1.29 is 14.6 Å². The van der Waals surface area contributed by atoms with E-state index in [4.69, 9.17) is 4.74 Å². The lowest BCUT2D eigenvalue weighted by atomic mass is 9.83. The van der Waals surface area contributed by atoms with Gasteiger partial charge in [0.05, 0.1) is 13.0 Å². The molecule has 0 bridgehead atoms. The summed E-state index contributed by atoms with van der Waals surface area (Å²) >= 11 is 0. The number of fused-ring (bicyclic) bond motifs is 2. The molecule has 0 aromatic heterocycles. The molecule has 0 aliphatic heterocycles. The largest absolute Gasteiger partial charge is 0.504 e. The Morgan fingerprint density at radius 1 is 0.966 bits per heavy atom. The first kappa shape index (κ1) is 18.8. The number of carbonyl (C=O) groups excluding carboxylic acids is 1. The first-order valence-electron chi connectivity index (χ1n) is 9.67. The summed E-state index contributed by atoms with van der Waals surface area (Å²) in [5.41, 5.74) is 5.06. The molecule has 2 N–H and O–H groups in total. The summed E-state index contributed by atoms with van der Waals surface area (Å²) in [4.78, 5) is 13.3. The standard InChI is InChI=1S/C25H23NO3/c1-29-24-16-19(12-13-22(24)27)26-15-14-23(28)25-20-8-4-2-6-17(20)10-11-18-7-3-5-9-21(18)25/h2-13,16,25-27H,14-15H2,1H3. The fourth-order valence-corrected chi connectivity index (χ4v) is 3.81. The zero-order valence-electron chi connectivity index (χ0n) is 16.3. The van der Waals surface area contributed by atoms with E-state index in [-0.39, 0.29) is 17.5 Å². The minimum Gasteiger partial charge on any atom is -0.504 e. The van der Waals surface area contributed by atoms with Crippen LogP contribution in [0.5, 0.6) is 11.5 Å². The summed E-state index contributed by atoms with van der Waals surface area (Å²) in [7, 11) is 1.51. The average Bonchev–Trinajstić information content (AvgIpc) is 2.92. The van der Waals surface area contributed by atoms with E-state index in [1.165, 1.54) is 7.11 Å². The third-order valence-electron chi connectivity index (χ3n) is 5.26. The quantitative estimate of drug-likeness (QED) is 0.581. The number of ether oxygens (including phenoxy) is 1. The Hall–Kier alpha value is -3.53. The molecule has 0 heterocycles. The van der Waals surface area contributed by atoms with Gasteiger partial charge in [-0.1, -0.05) is 60.7 Å². The number of phenolic OH excluding ortho intramolecular Hbond substituents is 1. The summed E-state index contributed by atoms with van der Waals surface area (Å²) in [6.07, 6.45) is 4.56. The van der Waals surface area contributed by atoms with Gasteiger partial charge in [-0.25, -0.2) is 0 Å². The van der Waals surface area contributed by atoms with Crippen LogP contribution in [0, 0.1) is 0 Å². The molecule has 0 saturated heterocycles. The van der Waals surface area contributed by atoms with Gasteiger partial charge >= 0.3 is 0 Å². The second-order valence-corrected chi connectivity index (χ2v) is 7.05. The normalized spacial score (nSPS) is 12.6. The molecule has 3 aromatic rings. The van der Waals surface area contributed by atoms with Crippen molar-refractivity contribution in [2.24, 2.45) is 0 Å². The number of aromatic hydroxyl groups is 1. The van der Waals surface area contributed by atoms with Gasteiger partial charge in [0.25, 0.3) is 0 Å². The molecule has 1 aliphatic carbocycles. The maximum absolute atomic E-state index is 13.3. The molecule has 0 saturated carbocycles. The summed E-state index contributed by atoms with van der Waals surface area (Å²) in [6.45, 7) is 0.501. The van der Waals surface area contributed by atoms with Crippen molar-refractivity contribution in [3.8, 4) is 11.5 Å². The number of anilines is 1. The van der Waals surface area contributed by atoms with Gasteiger partial charge in [0, 0.05) is 24.7 Å². The number of rotatable bonds is 6. The predicted molar refractivity (Wildman–Crippen MR) is 116 cm³/mol. The van der Waals surface area contributed by atoms with Crippen molar-refractivity contribution in [3.05, 3.63) is 89.0 Å². The molecule has 1 aliphatic rings. The van der Waals surface area contributed by atoms with E-state index in [0.29, 0.717) is 18.7 Å². The van der Waals surface area contributed by atoms with Crippen molar-refractivity contribution >= 4 is 23.6 Å². The molecule has 0 unspecified atom stereocenters. The molecule has 146 valence electrons. The van der Waals surface area contributed by atoms with Crippen LogP contribution in [0.15, 0.2) is 66.7 Å². The molecule has 3 aromatic carbocycles. The topological polar surface area (TPSA) is 58.6 Å². The molecule has 4 nitrogen and oxygen atoms in total. The van der Waals surface area contributed by atoms with Crippen LogP contribution in [0.2, 0.25) is 0 Å². The molecule has 0 amide bonds. The smallest absolute Gasteiger partial charge is 0.162 e. The van der Waals surface area contributed by atoms with Gasteiger partial charge < -0.3 is 15.2 Å². The second-order valence-electron chi connectivity index (χ2n) is 7.05. The lowest BCUT2D eigenvalue weighted by molar-refractivity contribution is -0.119. The molecule has 29 heavy (non-hydrogen) atoms. The molecular formula is C25H23NO3. The lowest BCUT2D eigenvalue weighted by Gasteiger charge is -2.19. The molecule has 0 fully saturated rings. The Morgan fingerprint density at radius 3 is 2.21 bits per heavy atom. The number of Topliss-reactive ketones (excluding diaryl/α,β-unsaturated/α-hetero) is 1. The lowest BCUT2D eigenvalue weighted by Crippen LogP contribution is -2.19. The minimum atomic E-state index is -0.284. The third kappa shape index (κ3) is 3.87. The highest BCUT2D eigenvalue weighted by molar-refractivity contribution is 5.93. The first-order chi connectivity index (χ1) is 14.2. The Bertz CT molecular complexity index is 1020. The summed E-state index contributed by atoms with van der Waals surface area (Å²) in [5, 5.41) is 13.0. The number of hydrogen-bond acceptors (Lipinski definition) is 4. The van der Waals surface area contributed by atoms with Crippen molar-refractivity contribution in [1.82, 2.24) is 0 Å². The predicted octanol–water partition coefficient (Wildman–Crippen LogP) is 5.09. The monoisotopic (exact) mass is 385 g/mol. The van der Waals surface area contributed by atoms with Crippen LogP contribution in [-0.2, 0) is 4.79 Å². The van der Waals surface area contributed by atoms with E-state index < -0.39 is 0 Å². The van der Waals surface area contributed by atoms with E-state index in [1.807, 2.05) is 36.4 Å². The van der Waals surface area contributed by atoms with Gasteiger partial charge in [-0.2, -0.15) is 0 Å². The van der Waals surface area contributed by atoms with Crippen LogP contribution >= 0.6 is 0 Å². The van der Waals surface area contributed by atoms with Gasteiger partial charge in [-0.15, -0.1) is 0 Å². The highest BCUT2D eigenvalue weighted by atomic mass is 16.5. The third-order valence-corrected chi connectivity index (χ3v) is 5.26. The van der Waals surface area contributed by atoms with E-state index >= 15 is 0 Å². The Kier molecular flexibility index (Phi) is 5.34. The Labute approximate surface area is 170 Å². The van der Waals surface area contributed by atoms with Gasteiger partial charge in [-0.3, -0.25) is 4.79 Å². The highest BCUT2D eigenvalue weighted by Gasteiger charge is 2.27.